The van der Waals surface area contributed by atoms with Gasteiger partial charge in [0.1, 0.15) is 11.8 Å². The van der Waals surface area contributed by atoms with Gasteiger partial charge in [-0.15, -0.1) is 0 Å². The van der Waals surface area contributed by atoms with Gasteiger partial charge in [0.15, 0.2) is 5.43 Å². The van der Waals surface area contributed by atoms with Crippen molar-refractivity contribution in [2.45, 2.75) is 0 Å². The summed E-state index contributed by atoms with van der Waals surface area (Å²) in [5, 5.41) is 3.23. The number of carbonyl (C=O) groups is 1. The second-order valence-electron chi connectivity index (χ2n) is 4.85. The zero-order valence-electron chi connectivity index (χ0n) is 12.0. The number of carbonyl (C=O) groups excluding carboxylic acids is 1. The number of benzene rings is 2. The van der Waals surface area contributed by atoms with Crippen molar-refractivity contribution in [3.63, 3.8) is 0 Å². The van der Waals surface area contributed by atoms with Gasteiger partial charge in [-0.3, -0.25) is 9.59 Å². The molecular weight excluding hydrogens is 405 g/mol. The number of rotatable bonds is 3. The average molecular weight is 417 g/mol. The average Bonchev–Trinajstić information content (AvgIpc) is 2.57. The Bertz CT molecular complexity index is 942. The lowest BCUT2D eigenvalue weighted by Crippen LogP contribution is -2.09. The molecule has 1 heterocycles. The summed E-state index contributed by atoms with van der Waals surface area (Å²) >= 11 is 2.19. The minimum absolute atomic E-state index is 0.162. The first-order valence-electron chi connectivity index (χ1n) is 6.89. The van der Waals surface area contributed by atoms with Crippen LogP contribution in [0.15, 0.2) is 70.1 Å². The van der Waals surface area contributed by atoms with Gasteiger partial charge in [-0.1, -0.05) is 12.1 Å². The summed E-state index contributed by atoms with van der Waals surface area (Å²) in [6, 6.07) is 14.4. The topological polar surface area (TPSA) is 59.3 Å². The first kappa shape index (κ1) is 15.5. The summed E-state index contributed by atoms with van der Waals surface area (Å²) in [4.78, 5) is 24.2. The Morgan fingerprint density at radius 3 is 2.61 bits per heavy atom. The molecule has 3 aromatic rings. The predicted octanol–water partition coefficient (Wildman–Crippen LogP) is 4.05. The van der Waals surface area contributed by atoms with Crippen molar-refractivity contribution in [3.8, 4) is 0 Å². The molecule has 0 bridgehead atoms. The maximum Gasteiger partial charge on any atom is 0.248 e. The second-order valence-corrected chi connectivity index (χ2v) is 6.09. The number of hydrogen-bond acceptors (Lipinski definition) is 3. The molecule has 1 amide bonds. The molecule has 0 aliphatic carbocycles. The Morgan fingerprint density at radius 2 is 1.83 bits per heavy atom. The molecule has 23 heavy (non-hydrogen) atoms. The molecule has 0 radical (unpaired) electrons. The molecule has 5 heteroatoms. The zero-order chi connectivity index (χ0) is 16.2. The number of hydrogen-bond donors (Lipinski definition) is 1. The van der Waals surface area contributed by atoms with E-state index in [1.165, 1.54) is 18.4 Å². The van der Waals surface area contributed by atoms with Gasteiger partial charge in [-0.2, -0.15) is 0 Å². The molecule has 0 unspecified atom stereocenters. The van der Waals surface area contributed by atoms with Crippen LogP contribution in [0.2, 0.25) is 0 Å². The van der Waals surface area contributed by atoms with E-state index in [0.29, 0.717) is 22.2 Å². The number of nitrogens with one attached hydrogen (secondary N) is 1. The molecule has 4 nitrogen and oxygen atoms in total. The fraction of sp³-hybridized carbons (Fsp3) is 0. The lowest BCUT2D eigenvalue weighted by atomic mass is 10.1. The minimum atomic E-state index is -0.307. The molecular formula is C18H12INO3. The predicted molar refractivity (Wildman–Crippen MR) is 99.3 cm³/mol. The molecule has 0 atom stereocenters. The lowest BCUT2D eigenvalue weighted by Gasteiger charge is -2.02. The van der Waals surface area contributed by atoms with E-state index in [9.17, 15) is 9.59 Å². The molecule has 0 saturated heterocycles. The van der Waals surface area contributed by atoms with Crippen LogP contribution < -0.4 is 10.7 Å². The van der Waals surface area contributed by atoms with Crippen molar-refractivity contribution >= 4 is 51.2 Å². The van der Waals surface area contributed by atoms with Crippen molar-refractivity contribution in [1.29, 1.82) is 0 Å². The maximum atomic E-state index is 12.3. The second kappa shape index (κ2) is 6.78. The first-order valence-corrected chi connectivity index (χ1v) is 7.96. The van der Waals surface area contributed by atoms with Crippen molar-refractivity contribution < 1.29 is 9.21 Å². The molecule has 3 rings (SSSR count). The van der Waals surface area contributed by atoms with E-state index in [0.717, 1.165) is 3.57 Å². The van der Waals surface area contributed by atoms with Crippen molar-refractivity contribution in [2.24, 2.45) is 0 Å². The van der Waals surface area contributed by atoms with Crippen LogP contribution >= 0.6 is 22.6 Å². The van der Waals surface area contributed by atoms with Crippen LogP contribution in [-0.2, 0) is 4.79 Å². The summed E-state index contributed by atoms with van der Waals surface area (Å²) in [6.07, 6.45) is 4.14. The molecule has 0 aliphatic rings. The van der Waals surface area contributed by atoms with Gasteiger partial charge in [0, 0.05) is 15.3 Å². The highest BCUT2D eigenvalue weighted by atomic mass is 127. The standard InChI is InChI=1S/C18H12INO3/c19-13-6-8-14(9-7-13)20-17(21)10-5-12-11-23-16-4-2-1-3-15(16)18(12)22/h1-11H,(H,20,21)/b10-5+. The maximum absolute atomic E-state index is 12.3. The van der Waals surface area contributed by atoms with Gasteiger partial charge in [0.05, 0.1) is 10.9 Å². The number of halogens is 1. The van der Waals surface area contributed by atoms with Crippen molar-refractivity contribution in [1.82, 2.24) is 0 Å². The van der Waals surface area contributed by atoms with Crippen LogP contribution in [0.25, 0.3) is 17.0 Å². The first-order chi connectivity index (χ1) is 11.1. The molecule has 0 fully saturated rings. The smallest absolute Gasteiger partial charge is 0.248 e. The largest absolute Gasteiger partial charge is 0.463 e. The quantitative estimate of drug-likeness (QED) is 0.517. The number of amides is 1. The molecule has 0 saturated carbocycles. The van der Waals surface area contributed by atoms with E-state index in [4.69, 9.17) is 4.42 Å². The highest BCUT2D eigenvalue weighted by molar-refractivity contribution is 14.1. The summed E-state index contributed by atoms with van der Waals surface area (Å²) < 4.78 is 6.49. The van der Waals surface area contributed by atoms with Crippen LogP contribution in [0.5, 0.6) is 0 Å². The highest BCUT2D eigenvalue weighted by Crippen LogP contribution is 2.12. The Morgan fingerprint density at radius 1 is 1.09 bits per heavy atom. The van der Waals surface area contributed by atoms with E-state index in [2.05, 4.69) is 27.9 Å². The molecule has 0 aliphatic heterocycles. The Balaban J connectivity index is 1.79. The Hall–Kier alpha value is -2.41. The number of fused-ring (bicyclic) bond motifs is 1. The van der Waals surface area contributed by atoms with Crippen LogP contribution in [0.3, 0.4) is 0 Å². The van der Waals surface area contributed by atoms with E-state index in [1.54, 1.807) is 24.3 Å². The molecule has 0 spiro atoms. The summed E-state index contributed by atoms with van der Waals surface area (Å²) in [5.74, 6) is -0.307. The SMILES string of the molecule is O=C(/C=C/c1coc2ccccc2c1=O)Nc1ccc(I)cc1. The van der Waals surface area contributed by atoms with Gasteiger partial charge in [0.25, 0.3) is 0 Å². The molecule has 1 aromatic heterocycles. The summed E-state index contributed by atoms with van der Waals surface area (Å²) in [5.41, 5.74) is 1.40. The van der Waals surface area contributed by atoms with Gasteiger partial charge in [0.2, 0.25) is 5.91 Å². The van der Waals surface area contributed by atoms with E-state index in [-0.39, 0.29) is 11.3 Å². The fourth-order valence-corrected chi connectivity index (χ4v) is 2.45. The highest BCUT2D eigenvalue weighted by Gasteiger charge is 2.04. The third-order valence-corrected chi connectivity index (χ3v) is 3.95. The fourth-order valence-electron chi connectivity index (χ4n) is 2.09. The summed E-state index contributed by atoms with van der Waals surface area (Å²) in [7, 11) is 0. The minimum Gasteiger partial charge on any atom is -0.463 e. The lowest BCUT2D eigenvalue weighted by molar-refractivity contribution is -0.111. The number of para-hydroxylation sites is 1. The third kappa shape index (κ3) is 3.68. The van der Waals surface area contributed by atoms with Crippen LogP contribution in [0.4, 0.5) is 5.69 Å². The van der Waals surface area contributed by atoms with E-state index < -0.39 is 0 Å². The molecule has 1 N–H and O–H groups in total. The molecule has 2 aromatic carbocycles. The Kier molecular flexibility index (Phi) is 4.57. The summed E-state index contributed by atoms with van der Waals surface area (Å²) in [6.45, 7) is 0. The monoisotopic (exact) mass is 417 g/mol. The van der Waals surface area contributed by atoms with Crippen molar-refractivity contribution in [3.05, 3.63) is 80.2 Å². The Labute approximate surface area is 146 Å². The van der Waals surface area contributed by atoms with Gasteiger partial charge >= 0.3 is 0 Å². The van der Waals surface area contributed by atoms with Gasteiger partial charge in [-0.25, -0.2) is 0 Å². The third-order valence-electron chi connectivity index (χ3n) is 3.23. The van der Waals surface area contributed by atoms with Crippen LogP contribution in [-0.4, -0.2) is 5.91 Å². The number of anilines is 1. The van der Waals surface area contributed by atoms with E-state index >= 15 is 0 Å². The van der Waals surface area contributed by atoms with Gasteiger partial charge in [-0.05, 0) is 65.1 Å². The van der Waals surface area contributed by atoms with Crippen molar-refractivity contribution in [2.75, 3.05) is 5.32 Å². The molecule has 114 valence electrons. The normalized spacial score (nSPS) is 11.0. The van der Waals surface area contributed by atoms with E-state index in [1.807, 2.05) is 24.3 Å². The zero-order valence-corrected chi connectivity index (χ0v) is 14.1. The van der Waals surface area contributed by atoms with Crippen LogP contribution in [0.1, 0.15) is 5.56 Å². The van der Waals surface area contributed by atoms with Crippen LogP contribution in [0, 0.1) is 3.57 Å². The van der Waals surface area contributed by atoms with Gasteiger partial charge < -0.3 is 9.73 Å².